The monoisotopic (exact) mass is 426 g/mol. The van der Waals surface area contributed by atoms with E-state index < -0.39 is 34.5 Å². The molecule has 0 saturated carbocycles. The van der Waals surface area contributed by atoms with Crippen LogP contribution in [-0.2, 0) is 24.3 Å². The first-order valence-corrected chi connectivity index (χ1v) is 11.3. The maximum atomic E-state index is 12.3. The number of benzene rings is 1. The molecule has 10 heteroatoms. The van der Waals surface area contributed by atoms with Gasteiger partial charge in [-0.3, -0.25) is 9.59 Å². The van der Waals surface area contributed by atoms with Gasteiger partial charge in [0.25, 0.3) is 5.91 Å². The van der Waals surface area contributed by atoms with E-state index in [0.29, 0.717) is 43.9 Å². The molecule has 1 amide bonds. The van der Waals surface area contributed by atoms with E-state index in [-0.39, 0.29) is 18.4 Å². The summed E-state index contributed by atoms with van der Waals surface area (Å²) in [6, 6.07) is 6.40. The van der Waals surface area contributed by atoms with Gasteiger partial charge in [0.05, 0.1) is 12.3 Å². The molecule has 0 radical (unpaired) electrons. The van der Waals surface area contributed by atoms with Crippen molar-refractivity contribution < 1.29 is 32.2 Å². The Labute approximate surface area is 170 Å². The molecule has 0 spiro atoms. The molecule has 160 valence electrons. The van der Waals surface area contributed by atoms with Crippen molar-refractivity contribution in [3.63, 3.8) is 0 Å². The van der Waals surface area contributed by atoms with Crippen molar-refractivity contribution in [2.45, 2.75) is 38.3 Å². The van der Waals surface area contributed by atoms with Crippen molar-refractivity contribution in [1.29, 1.82) is 0 Å². The van der Waals surface area contributed by atoms with Gasteiger partial charge in [0.2, 0.25) is 10.0 Å². The molecule has 29 heavy (non-hydrogen) atoms. The Morgan fingerprint density at radius 3 is 2.79 bits per heavy atom. The number of hydrogen-bond donors (Lipinski definition) is 1. The van der Waals surface area contributed by atoms with Crippen LogP contribution in [0.25, 0.3) is 0 Å². The number of ether oxygens (including phenoxy) is 3. The summed E-state index contributed by atoms with van der Waals surface area (Å²) in [6.07, 6.45) is 1.11. The van der Waals surface area contributed by atoms with E-state index in [1.165, 1.54) is 4.31 Å². The number of fused-ring (bicyclic) bond motifs is 1. The number of esters is 1. The third kappa shape index (κ3) is 5.39. The first kappa shape index (κ1) is 21.4. The van der Waals surface area contributed by atoms with E-state index >= 15 is 0 Å². The van der Waals surface area contributed by atoms with Gasteiger partial charge < -0.3 is 19.5 Å². The highest BCUT2D eigenvalue weighted by molar-refractivity contribution is 7.89. The zero-order chi connectivity index (χ0) is 20.9. The SMILES string of the molecule is CCCS(=O)(=O)N1CCCC1C(=O)OCC(=O)NCC1COc2ccccc2O1. The van der Waals surface area contributed by atoms with Crippen LogP contribution in [0.3, 0.4) is 0 Å². The Balaban J connectivity index is 1.43. The summed E-state index contributed by atoms with van der Waals surface area (Å²) in [6.45, 7) is 2.09. The number of carbonyl (C=O) groups is 2. The molecule has 3 rings (SSSR count). The Bertz CT molecular complexity index is 843. The predicted molar refractivity (Wildman–Crippen MR) is 104 cm³/mol. The van der Waals surface area contributed by atoms with E-state index in [2.05, 4.69) is 5.32 Å². The Morgan fingerprint density at radius 2 is 2.03 bits per heavy atom. The number of para-hydroxylation sites is 2. The molecule has 2 aliphatic heterocycles. The Kier molecular flexibility index (Phi) is 6.96. The van der Waals surface area contributed by atoms with Crippen molar-refractivity contribution in [2.75, 3.05) is 32.1 Å². The highest BCUT2D eigenvalue weighted by Gasteiger charge is 2.39. The minimum Gasteiger partial charge on any atom is -0.486 e. The molecule has 1 saturated heterocycles. The van der Waals surface area contributed by atoms with Gasteiger partial charge in [-0.1, -0.05) is 19.1 Å². The first-order valence-electron chi connectivity index (χ1n) is 9.72. The summed E-state index contributed by atoms with van der Waals surface area (Å²) in [7, 11) is -3.49. The predicted octanol–water partition coefficient (Wildman–Crippen LogP) is 0.690. The number of hydrogen-bond acceptors (Lipinski definition) is 7. The van der Waals surface area contributed by atoms with E-state index in [0.717, 1.165) is 0 Å². The maximum absolute atomic E-state index is 12.3. The molecule has 0 bridgehead atoms. The second kappa shape index (κ2) is 9.45. The molecular weight excluding hydrogens is 400 g/mol. The molecule has 2 atom stereocenters. The average molecular weight is 426 g/mol. The van der Waals surface area contributed by atoms with E-state index in [4.69, 9.17) is 14.2 Å². The Hall–Kier alpha value is -2.33. The normalized spacial score (nSPS) is 21.6. The summed E-state index contributed by atoms with van der Waals surface area (Å²) in [5.74, 6) is 0.0802. The van der Waals surface area contributed by atoms with Gasteiger partial charge in [-0.15, -0.1) is 0 Å². The number of carbonyl (C=O) groups excluding carboxylic acids is 2. The third-order valence-electron chi connectivity index (χ3n) is 4.74. The summed E-state index contributed by atoms with van der Waals surface area (Å²) < 4.78 is 42.1. The molecule has 1 aromatic carbocycles. The second-order valence-corrected chi connectivity index (χ2v) is 9.04. The lowest BCUT2D eigenvalue weighted by Crippen LogP contribution is -2.44. The topological polar surface area (TPSA) is 111 Å². The van der Waals surface area contributed by atoms with Crippen LogP contribution in [0.15, 0.2) is 24.3 Å². The number of rotatable bonds is 8. The molecule has 1 fully saturated rings. The van der Waals surface area contributed by atoms with Crippen LogP contribution in [0.5, 0.6) is 11.5 Å². The quantitative estimate of drug-likeness (QED) is 0.609. The second-order valence-electron chi connectivity index (χ2n) is 6.99. The average Bonchev–Trinajstić information content (AvgIpc) is 3.21. The van der Waals surface area contributed by atoms with Crippen molar-refractivity contribution in [2.24, 2.45) is 0 Å². The number of nitrogens with one attached hydrogen (secondary N) is 1. The van der Waals surface area contributed by atoms with Crippen molar-refractivity contribution in [1.82, 2.24) is 9.62 Å². The number of amides is 1. The zero-order valence-electron chi connectivity index (χ0n) is 16.3. The summed E-state index contributed by atoms with van der Waals surface area (Å²) in [5.41, 5.74) is 0. The number of nitrogens with zero attached hydrogens (tertiary/aromatic N) is 1. The van der Waals surface area contributed by atoms with Crippen LogP contribution in [0.1, 0.15) is 26.2 Å². The zero-order valence-corrected chi connectivity index (χ0v) is 17.2. The lowest BCUT2D eigenvalue weighted by atomic mass is 10.2. The van der Waals surface area contributed by atoms with Gasteiger partial charge in [0, 0.05) is 6.54 Å². The molecule has 2 heterocycles. The van der Waals surface area contributed by atoms with Crippen LogP contribution in [0.4, 0.5) is 0 Å². The van der Waals surface area contributed by atoms with Gasteiger partial charge in [-0.05, 0) is 31.4 Å². The molecule has 9 nitrogen and oxygen atoms in total. The van der Waals surface area contributed by atoms with E-state index in [9.17, 15) is 18.0 Å². The first-order chi connectivity index (χ1) is 13.9. The van der Waals surface area contributed by atoms with Crippen molar-refractivity contribution >= 4 is 21.9 Å². The molecule has 2 aliphatic rings. The summed E-state index contributed by atoms with van der Waals surface area (Å²) >= 11 is 0. The smallest absolute Gasteiger partial charge is 0.324 e. The summed E-state index contributed by atoms with van der Waals surface area (Å²) in [4.78, 5) is 24.3. The van der Waals surface area contributed by atoms with E-state index in [1.807, 2.05) is 12.1 Å². The molecule has 2 unspecified atom stereocenters. The third-order valence-corrected chi connectivity index (χ3v) is 6.81. The highest BCUT2D eigenvalue weighted by Crippen LogP contribution is 2.30. The summed E-state index contributed by atoms with van der Waals surface area (Å²) in [5, 5.41) is 2.64. The minimum absolute atomic E-state index is 0.0101. The fraction of sp³-hybridized carbons (Fsp3) is 0.579. The van der Waals surface area contributed by atoms with Gasteiger partial charge in [-0.25, -0.2) is 8.42 Å². The molecule has 1 aromatic rings. The van der Waals surface area contributed by atoms with Crippen LogP contribution < -0.4 is 14.8 Å². The van der Waals surface area contributed by atoms with Gasteiger partial charge in [0.15, 0.2) is 18.1 Å². The molecule has 0 aliphatic carbocycles. The molecule has 0 aromatic heterocycles. The fourth-order valence-corrected chi connectivity index (χ4v) is 5.10. The number of sulfonamides is 1. The molecular formula is C19H26N2O7S. The molecule has 1 N–H and O–H groups in total. The van der Waals surface area contributed by atoms with Crippen LogP contribution in [0.2, 0.25) is 0 Å². The van der Waals surface area contributed by atoms with Crippen LogP contribution >= 0.6 is 0 Å². The van der Waals surface area contributed by atoms with Crippen LogP contribution in [0, 0.1) is 0 Å². The van der Waals surface area contributed by atoms with E-state index in [1.54, 1.807) is 19.1 Å². The minimum atomic E-state index is -3.49. The Morgan fingerprint density at radius 1 is 1.28 bits per heavy atom. The van der Waals surface area contributed by atoms with Gasteiger partial charge >= 0.3 is 5.97 Å². The van der Waals surface area contributed by atoms with Crippen molar-refractivity contribution in [3.05, 3.63) is 24.3 Å². The lowest BCUT2D eigenvalue weighted by molar-refractivity contribution is -0.151. The standard InChI is InChI=1S/C19H26N2O7S/c1-2-10-29(24,25)21-9-5-6-15(21)19(23)27-13-18(22)20-11-14-12-26-16-7-3-4-8-17(16)28-14/h3-4,7-8,14-15H,2,5-6,9-13H2,1H3,(H,20,22). The van der Waals surface area contributed by atoms with Gasteiger partial charge in [0.1, 0.15) is 18.8 Å². The van der Waals surface area contributed by atoms with Crippen LogP contribution in [-0.4, -0.2) is 68.8 Å². The fourth-order valence-electron chi connectivity index (χ4n) is 3.36. The lowest BCUT2D eigenvalue weighted by Gasteiger charge is -2.26. The largest absolute Gasteiger partial charge is 0.486 e. The maximum Gasteiger partial charge on any atom is 0.324 e. The highest BCUT2D eigenvalue weighted by atomic mass is 32.2. The van der Waals surface area contributed by atoms with Crippen molar-refractivity contribution in [3.8, 4) is 11.5 Å². The van der Waals surface area contributed by atoms with Gasteiger partial charge in [-0.2, -0.15) is 4.31 Å².